The van der Waals surface area contributed by atoms with Gasteiger partial charge in [-0.1, -0.05) is 19.1 Å². The maximum atomic E-state index is 10.9. The lowest BCUT2D eigenvalue weighted by Gasteiger charge is -2.31. The van der Waals surface area contributed by atoms with Crippen LogP contribution in [0.15, 0.2) is 17.3 Å². The average Bonchev–Trinajstić information content (AvgIpc) is 2.47. The molecule has 0 heterocycles. The molecule has 1 N–H and O–H groups in total. The van der Waals surface area contributed by atoms with Crippen molar-refractivity contribution >= 4 is 11.6 Å². The number of nitrogens with one attached hydrogen (secondary N) is 1. The molecule has 0 aromatic rings. The number of amides is 1. The number of carbonyl (C=O) groups excluding carboxylic acids is 1. The molecule has 3 heteroatoms. The van der Waals surface area contributed by atoms with Gasteiger partial charge in [0.25, 0.3) is 0 Å². The van der Waals surface area contributed by atoms with Crippen LogP contribution >= 0.6 is 0 Å². The predicted octanol–water partition coefficient (Wildman–Crippen LogP) is 1.46. The summed E-state index contributed by atoms with van der Waals surface area (Å²) in [5, 5.41) is 4.12. The van der Waals surface area contributed by atoms with Gasteiger partial charge in [-0.25, -0.2) is 5.43 Å². The normalized spacial score (nSPS) is 32.8. The second-order valence-electron chi connectivity index (χ2n) is 3.63. The van der Waals surface area contributed by atoms with E-state index in [1.54, 1.807) is 0 Å². The molecule has 2 unspecified atom stereocenters. The van der Waals surface area contributed by atoms with E-state index in [4.69, 9.17) is 0 Å². The maximum absolute atomic E-state index is 10.9. The highest BCUT2D eigenvalue weighted by atomic mass is 16.2. The largest absolute Gasteiger partial charge is 0.273 e. The molecule has 0 aliphatic heterocycles. The van der Waals surface area contributed by atoms with E-state index in [2.05, 4.69) is 22.7 Å². The molecule has 1 saturated carbocycles. The molecule has 0 aromatic carbocycles. The highest BCUT2D eigenvalue weighted by Crippen LogP contribution is 2.39. The van der Waals surface area contributed by atoms with Crippen molar-refractivity contribution in [3.05, 3.63) is 12.2 Å². The van der Waals surface area contributed by atoms with Crippen molar-refractivity contribution in [2.24, 2.45) is 16.9 Å². The lowest BCUT2D eigenvalue weighted by atomic mass is 9.74. The highest BCUT2D eigenvalue weighted by Gasteiger charge is 2.37. The van der Waals surface area contributed by atoms with Crippen molar-refractivity contribution in [1.29, 1.82) is 0 Å². The van der Waals surface area contributed by atoms with Crippen molar-refractivity contribution in [3.8, 4) is 0 Å². The highest BCUT2D eigenvalue weighted by molar-refractivity contribution is 5.94. The van der Waals surface area contributed by atoms with Crippen LogP contribution in [0.3, 0.4) is 0 Å². The van der Waals surface area contributed by atoms with E-state index in [0.717, 1.165) is 18.6 Å². The molecule has 2 aliphatic rings. The van der Waals surface area contributed by atoms with Crippen LogP contribution in [-0.2, 0) is 4.79 Å². The molecular formula is C10H14N2O. The summed E-state index contributed by atoms with van der Waals surface area (Å²) in [6, 6.07) is 0. The molecule has 0 aromatic heterocycles. The van der Waals surface area contributed by atoms with Crippen molar-refractivity contribution in [2.75, 3.05) is 0 Å². The minimum absolute atomic E-state index is 0.00176. The van der Waals surface area contributed by atoms with Gasteiger partial charge in [-0.2, -0.15) is 5.10 Å². The number of hydrazone groups is 1. The van der Waals surface area contributed by atoms with E-state index in [-0.39, 0.29) is 5.91 Å². The fourth-order valence-electron chi connectivity index (χ4n) is 1.88. The van der Waals surface area contributed by atoms with Crippen molar-refractivity contribution in [2.45, 2.75) is 26.2 Å². The summed E-state index contributed by atoms with van der Waals surface area (Å²) in [7, 11) is 0. The van der Waals surface area contributed by atoms with Crippen LogP contribution < -0.4 is 5.43 Å². The number of hydrogen-bond acceptors (Lipinski definition) is 2. The van der Waals surface area contributed by atoms with Crippen LogP contribution in [0.5, 0.6) is 0 Å². The van der Waals surface area contributed by atoms with E-state index in [1.807, 2.05) is 6.92 Å². The number of hydrogen-bond donors (Lipinski definition) is 1. The van der Waals surface area contributed by atoms with Gasteiger partial charge >= 0.3 is 0 Å². The monoisotopic (exact) mass is 178 g/mol. The second kappa shape index (κ2) is 3.32. The van der Waals surface area contributed by atoms with Crippen LogP contribution in [0.2, 0.25) is 0 Å². The SMILES string of the molecule is CCC(=O)N/N=C1/CC2C=CCC12. The Labute approximate surface area is 77.9 Å². The number of rotatable bonds is 2. The Morgan fingerprint density at radius 1 is 1.77 bits per heavy atom. The van der Waals surface area contributed by atoms with E-state index in [0.29, 0.717) is 18.3 Å². The molecule has 0 radical (unpaired) electrons. The zero-order valence-corrected chi connectivity index (χ0v) is 7.79. The molecule has 0 spiro atoms. The summed E-state index contributed by atoms with van der Waals surface area (Å²) >= 11 is 0. The molecule has 0 saturated heterocycles. The molecule has 3 nitrogen and oxygen atoms in total. The fourth-order valence-corrected chi connectivity index (χ4v) is 1.88. The van der Waals surface area contributed by atoms with E-state index in [1.165, 1.54) is 0 Å². The smallest absolute Gasteiger partial charge is 0.239 e. The summed E-state index contributed by atoms with van der Waals surface area (Å²) in [5.74, 6) is 1.30. The molecule has 2 aliphatic carbocycles. The molecule has 13 heavy (non-hydrogen) atoms. The summed E-state index contributed by atoms with van der Waals surface area (Å²) in [6.07, 6.45) is 7.10. The lowest BCUT2D eigenvalue weighted by Crippen LogP contribution is -2.35. The van der Waals surface area contributed by atoms with Gasteiger partial charge in [-0.3, -0.25) is 4.79 Å². The summed E-state index contributed by atoms with van der Waals surface area (Å²) in [6.45, 7) is 1.83. The zero-order chi connectivity index (χ0) is 9.26. The first-order chi connectivity index (χ1) is 6.31. The molecule has 70 valence electrons. The van der Waals surface area contributed by atoms with Gasteiger partial charge in [-0.15, -0.1) is 0 Å². The van der Waals surface area contributed by atoms with Crippen molar-refractivity contribution in [1.82, 2.24) is 5.43 Å². The second-order valence-corrected chi connectivity index (χ2v) is 3.63. The third kappa shape index (κ3) is 1.50. The average molecular weight is 178 g/mol. The van der Waals surface area contributed by atoms with E-state index in [9.17, 15) is 4.79 Å². The quantitative estimate of drug-likeness (QED) is 0.505. The summed E-state index contributed by atoms with van der Waals surface area (Å²) < 4.78 is 0. The lowest BCUT2D eigenvalue weighted by molar-refractivity contribution is -0.120. The van der Waals surface area contributed by atoms with Gasteiger partial charge in [0.2, 0.25) is 5.91 Å². The predicted molar refractivity (Wildman–Crippen MR) is 51.2 cm³/mol. The Kier molecular flexibility index (Phi) is 2.17. The van der Waals surface area contributed by atoms with Gasteiger partial charge in [0.1, 0.15) is 0 Å². The van der Waals surface area contributed by atoms with Gasteiger partial charge in [0, 0.05) is 18.1 Å². The first-order valence-corrected chi connectivity index (χ1v) is 4.83. The number of fused-ring (bicyclic) bond motifs is 1. The first-order valence-electron chi connectivity index (χ1n) is 4.83. The molecular weight excluding hydrogens is 164 g/mol. The van der Waals surface area contributed by atoms with Crippen LogP contribution in [0.1, 0.15) is 26.2 Å². The van der Waals surface area contributed by atoms with Crippen LogP contribution in [0.25, 0.3) is 0 Å². The topological polar surface area (TPSA) is 41.5 Å². The fraction of sp³-hybridized carbons (Fsp3) is 0.600. The van der Waals surface area contributed by atoms with Crippen LogP contribution in [0.4, 0.5) is 0 Å². The Morgan fingerprint density at radius 2 is 2.62 bits per heavy atom. The van der Waals surface area contributed by atoms with E-state index >= 15 is 0 Å². The number of carbonyl (C=O) groups is 1. The minimum Gasteiger partial charge on any atom is -0.273 e. The van der Waals surface area contributed by atoms with Crippen LogP contribution in [0, 0.1) is 11.8 Å². The molecule has 0 bridgehead atoms. The maximum Gasteiger partial charge on any atom is 0.239 e. The van der Waals surface area contributed by atoms with Crippen LogP contribution in [-0.4, -0.2) is 11.6 Å². The Morgan fingerprint density at radius 3 is 3.31 bits per heavy atom. The third-order valence-electron chi connectivity index (χ3n) is 2.81. The molecule has 1 fully saturated rings. The number of allylic oxidation sites excluding steroid dienone is 2. The standard InChI is InChI=1S/C10H14N2O/c1-2-10(13)12-11-9-6-7-4-3-5-8(7)9/h3-4,7-8H,2,5-6H2,1H3,(H,12,13)/b11-9-. The van der Waals surface area contributed by atoms with Gasteiger partial charge in [-0.05, 0) is 18.8 Å². The zero-order valence-electron chi connectivity index (χ0n) is 7.79. The summed E-state index contributed by atoms with van der Waals surface area (Å²) in [4.78, 5) is 10.9. The molecule has 1 amide bonds. The van der Waals surface area contributed by atoms with Crippen molar-refractivity contribution < 1.29 is 4.79 Å². The minimum atomic E-state index is 0.00176. The van der Waals surface area contributed by atoms with Gasteiger partial charge in [0.15, 0.2) is 0 Å². The van der Waals surface area contributed by atoms with Gasteiger partial charge < -0.3 is 0 Å². The Bertz CT molecular complexity index is 281. The Balaban J connectivity index is 1.86. The Hall–Kier alpha value is -1.12. The molecule has 2 rings (SSSR count). The number of nitrogens with zero attached hydrogens (tertiary/aromatic N) is 1. The van der Waals surface area contributed by atoms with Crippen molar-refractivity contribution in [3.63, 3.8) is 0 Å². The first kappa shape index (κ1) is 8.48. The summed E-state index contributed by atoms with van der Waals surface area (Å²) in [5.41, 5.74) is 3.73. The van der Waals surface area contributed by atoms with Gasteiger partial charge in [0.05, 0.1) is 0 Å². The third-order valence-corrected chi connectivity index (χ3v) is 2.81. The molecule has 2 atom stereocenters. The van der Waals surface area contributed by atoms with E-state index < -0.39 is 0 Å².